The van der Waals surface area contributed by atoms with Crippen LogP contribution in [0, 0.1) is 5.92 Å². The fourth-order valence-electron chi connectivity index (χ4n) is 3.84. The van der Waals surface area contributed by atoms with Gasteiger partial charge < -0.3 is 31.9 Å². The van der Waals surface area contributed by atoms with Gasteiger partial charge in [0, 0.05) is 0 Å². The zero-order valence-electron chi connectivity index (χ0n) is 18.0. The number of carbonyl (C=O) groups is 4. The standard InChI is InChI=1S/C22H32N4O6/c23-12-5-4-10-17(24)19(28)25-13-18(27)26-22(21(30)31)11-6-9-16(22)20(29)32-14-15-7-2-1-3-8-15/h1-3,7-8,16-17H,4-6,9-14,23-24H2,(H,25,28)(H,26,27)(H,30,31)/t16?,17-,22?/m0/s1. The minimum absolute atomic E-state index is 0.0118. The molecular weight excluding hydrogens is 416 g/mol. The van der Waals surface area contributed by atoms with Crippen LogP contribution in [-0.4, -0.2) is 53.5 Å². The SMILES string of the molecule is NCCCC[C@H](N)C(=O)NCC(=O)NC1(C(=O)O)CCCC1C(=O)OCc1ccccc1. The van der Waals surface area contributed by atoms with Crippen LogP contribution in [0.25, 0.3) is 0 Å². The second-order valence-corrected chi connectivity index (χ2v) is 7.97. The maximum atomic E-state index is 12.7. The molecule has 1 aromatic carbocycles. The van der Waals surface area contributed by atoms with E-state index in [0.29, 0.717) is 25.8 Å². The van der Waals surface area contributed by atoms with Crippen molar-refractivity contribution in [2.75, 3.05) is 13.1 Å². The van der Waals surface area contributed by atoms with Crippen LogP contribution < -0.4 is 22.1 Å². The minimum Gasteiger partial charge on any atom is -0.479 e. The van der Waals surface area contributed by atoms with E-state index in [1.807, 2.05) is 6.07 Å². The lowest BCUT2D eigenvalue weighted by Crippen LogP contribution is -2.60. The smallest absolute Gasteiger partial charge is 0.330 e. The van der Waals surface area contributed by atoms with Crippen LogP contribution in [0.1, 0.15) is 44.1 Å². The van der Waals surface area contributed by atoms with Gasteiger partial charge in [0.2, 0.25) is 11.8 Å². The Bertz CT molecular complexity index is 803. The van der Waals surface area contributed by atoms with Crippen molar-refractivity contribution in [2.24, 2.45) is 17.4 Å². The van der Waals surface area contributed by atoms with E-state index >= 15 is 0 Å². The molecule has 1 aliphatic rings. The van der Waals surface area contributed by atoms with Gasteiger partial charge in [0.05, 0.1) is 18.5 Å². The van der Waals surface area contributed by atoms with E-state index in [1.165, 1.54) is 0 Å². The lowest BCUT2D eigenvalue weighted by molar-refractivity contribution is -0.161. The average molecular weight is 449 g/mol. The highest BCUT2D eigenvalue weighted by Gasteiger charge is 2.54. The molecule has 3 atom stereocenters. The number of hydrogen-bond acceptors (Lipinski definition) is 7. The number of carboxylic acids is 1. The predicted molar refractivity (Wildman–Crippen MR) is 116 cm³/mol. The molecule has 1 saturated carbocycles. The van der Waals surface area contributed by atoms with Crippen molar-refractivity contribution in [1.29, 1.82) is 0 Å². The maximum Gasteiger partial charge on any atom is 0.330 e. The first-order valence-corrected chi connectivity index (χ1v) is 10.8. The fraction of sp³-hybridized carbons (Fsp3) is 0.545. The monoisotopic (exact) mass is 448 g/mol. The van der Waals surface area contributed by atoms with Crippen molar-refractivity contribution in [3.63, 3.8) is 0 Å². The second kappa shape index (κ2) is 12.2. The molecule has 2 rings (SSSR count). The van der Waals surface area contributed by atoms with Crippen molar-refractivity contribution in [3.05, 3.63) is 35.9 Å². The molecule has 1 fully saturated rings. The molecule has 176 valence electrons. The van der Waals surface area contributed by atoms with Gasteiger partial charge in [-0.25, -0.2) is 4.79 Å². The lowest BCUT2D eigenvalue weighted by Gasteiger charge is -2.31. The van der Waals surface area contributed by atoms with Crippen LogP contribution in [0.2, 0.25) is 0 Å². The highest BCUT2D eigenvalue weighted by Crippen LogP contribution is 2.37. The first-order valence-electron chi connectivity index (χ1n) is 10.8. The van der Waals surface area contributed by atoms with Gasteiger partial charge in [-0.15, -0.1) is 0 Å². The molecule has 0 saturated heterocycles. The number of ether oxygens (including phenoxy) is 1. The minimum atomic E-state index is -1.78. The molecule has 32 heavy (non-hydrogen) atoms. The van der Waals surface area contributed by atoms with Crippen LogP contribution >= 0.6 is 0 Å². The number of hydrogen-bond donors (Lipinski definition) is 5. The highest BCUT2D eigenvalue weighted by molar-refractivity contribution is 5.94. The van der Waals surface area contributed by atoms with Crippen LogP contribution in [0.3, 0.4) is 0 Å². The first kappa shape index (κ1) is 25.3. The molecule has 2 unspecified atom stereocenters. The van der Waals surface area contributed by atoms with Gasteiger partial charge in [0.15, 0.2) is 5.54 Å². The number of rotatable bonds is 12. The molecule has 0 heterocycles. The maximum absolute atomic E-state index is 12.7. The summed E-state index contributed by atoms with van der Waals surface area (Å²) < 4.78 is 5.33. The Morgan fingerprint density at radius 3 is 2.56 bits per heavy atom. The summed E-state index contributed by atoms with van der Waals surface area (Å²) in [6.45, 7) is 0.0745. The van der Waals surface area contributed by atoms with Crippen LogP contribution in [0.4, 0.5) is 0 Å². The zero-order valence-corrected chi connectivity index (χ0v) is 18.0. The van der Waals surface area contributed by atoms with Crippen molar-refractivity contribution in [3.8, 4) is 0 Å². The summed E-state index contributed by atoms with van der Waals surface area (Å²) in [5, 5.41) is 14.7. The topological polar surface area (TPSA) is 174 Å². The molecular formula is C22H32N4O6. The van der Waals surface area contributed by atoms with Crippen LogP contribution in [0.15, 0.2) is 30.3 Å². The predicted octanol–water partition coefficient (Wildman–Crippen LogP) is 0.0420. The molecule has 10 nitrogen and oxygen atoms in total. The summed E-state index contributed by atoms with van der Waals surface area (Å²) in [5.41, 5.74) is 10.2. The molecule has 1 aliphatic carbocycles. The van der Waals surface area contributed by atoms with Gasteiger partial charge in [-0.2, -0.15) is 0 Å². The number of amides is 2. The van der Waals surface area contributed by atoms with Crippen LogP contribution in [-0.2, 0) is 30.5 Å². The lowest BCUT2D eigenvalue weighted by atomic mass is 9.86. The molecule has 1 aromatic rings. The summed E-state index contributed by atoms with van der Waals surface area (Å²) in [6, 6.07) is 8.24. The van der Waals surface area contributed by atoms with Gasteiger partial charge >= 0.3 is 11.9 Å². The Labute approximate surface area is 187 Å². The molecule has 7 N–H and O–H groups in total. The molecule has 0 aromatic heterocycles. The highest BCUT2D eigenvalue weighted by atomic mass is 16.5. The van der Waals surface area contributed by atoms with Gasteiger partial charge in [0.1, 0.15) is 6.61 Å². The van der Waals surface area contributed by atoms with Gasteiger partial charge in [-0.05, 0) is 44.2 Å². The third kappa shape index (κ3) is 6.76. The first-order chi connectivity index (χ1) is 15.3. The summed E-state index contributed by atoms with van der Waals surface area (Å²) >= 11 is 0. The number of carbonyl (C=O) groups excluding carboxylic acids is 3. The quantitative estimate of drug-likeness (QED) is 0.220. The van der Waals surface area contributed by atoms with E-state index < -0.39 is 47.8 Å². The zero-order chi connectivity index (χ0) is 23.6. The van der Waals surface area contributed by atoms with Crippen molar-refractivity contribution in [2.45, 2.75) is 56.7 Å². The normalized spacial score (nSPS) is 20.9. The Morgan fingerprint density at radius 2 is 1.91 bits per heavy atom. The largest absolute Gasteiger partial charge is 0.479 e. The van der Waals surface area contributed by atoms with Crippen LogP contribution in [0.5, 0.6) is 0 Å². The number of benzene rings is 1. The summed E-state index contributed by atoms with van der Waals surface area (Å²) in [4.78, 5) is 49.3. The van der Waals surface area contributed by atoms with Crippen molar-refractivity contribution in [1.82, 2.24) is 10.6 Å². The molecule has 0 bridgehead atoms. The van der Waals surface area contributed by atoms with E-state index in [4.69, 9.17) is 16.2 Å². The van der Waals surface area contributed by atoms with Gasteiger partial charge in [-0.3, -0.25) is 14.4 Å². The van der Waals surface area contributed by atoms with E-state index in [9.17, 15) is 24.3 Å². The summed E-state index contributed by atoms with van der Waals surface area (Å²) in [5.74, 6) is -4.24. The Hall–Kier alpha value is -2.98. The van der Waals surface area contributed by atoms with E-state index in [1.54, 1.807) is 24.3 Å². The summed E-state index contributed by atoms with van der Waals surface area (Å²) in [6.07, 6.45) is 2.66. The van der Waals surface area contributed by atoms with Gasteiger partial charge in [0.25, 0.3) is 0 Å². The molecule has 10 heteroatoms. The third-order valence-electron chi connectivity index (χ3n) is 5.64. The number of esters is 1. The molecule has 0 aliphatic heterocycles. The Balaban J connectivity index is 1.94. The van der Waals surface area contributed by atoms with E-state index in [2.05, 4.69) is 10.6 Å². The van der Waals surface area contributed by atoms with Crippen molar-refractivity contribution >= 4 is 23.8 Å². The Morgan fingerprint density at radius 1 is 1.19 bits per heavy atom. The fourth-order valence-corrected chi connectivity index (χ4v) is 3.84. The van der Waals surface area contributed by atoms with Crippen molar-refractivity contribution < 1.29 is 29.0 Å². The molecule has 0 radical (unpaired) electrons. The molecule has 2 amide bonds. The number of unbranched alkanes of at least 4 members (excludes halogenated alkanes) is 1. The second-order valence-electron chi connectivity index (χ2n) is 7.97. The number of carboxylic acid groups (broad SMARTS) is 1. The number of nitrogens with two attached hydrogens (primary N) is 2. The van der Waals surface area contributed by atoms with E-state index in [0.717, 1.165) is 12.0 Å². The summed E-state index contributed by atoms with van der Waals surface area (Å²) in [7, 11) is 0. The average Bonchev–Trinajstić information content (AvgIpc) is 3.21. The van der Waals surface area contributed by atoms with Gasteiger partial charge in [-0.1, -0.05) is 36.8 Å². The molecule has 0 spiro atoms. The number of nitrogens with one attached hydrogen (secondary N) is 2. The Kier molecular flexibility index (Phi) is 9.61. The van der Waals surface area contributed by atoms with E-state index in [-0.39, 0.29) is 19.4 Å². The number of aliphatic carboxylic acids is 1. The third-order valence-corrected chi connectivity index (χ3v) is 5.64.